The Bertz CT molecular complexity index is 1210. The van der Waals surface area contributed by atoms with Crippen molar-refractivity contribution in [2.24, 2.45) is 0 Å². The molecule has 0 radical (unpaired) electrons. The van der Waals surface area contributed by atoms with Gasteiger partial charge < -0.3 is 19.9 Å². The normalized spacial score (nSPS) is 13.2. The molecule has 0 aliphatic carbocycles. The Morgan fingerprint density at radius 3 is 2.55 bits per heavy atom. The third-order valence-corrected chi connectivity index (χ3v) is 7.29. The van der Waals surface area contributed by atoms with Gasteiger partial charge in [0.25, 0.3) is 0 Å². The van der Waals surface area contributed by atoms with Gasteiger partial charge in [-0.05, 0) is 93.3 Å². The van der Waals surface area contributed by atoms with E-state index in [2.05, 4.69) is 55.8 Å². The highest BCUT2D eigenvalue weighted by Gasteiger charge is 2.21. The summed E-state index contributed by atoms with van der Waals surface area (Å²) in [6.07, 6.45) is 2.11. The molecular formula is C32H41NO4S. The number of rotatable bonds is 13. The van der Waals surface area contributed by atoms with Crippen LogP contribution in [0.15, 0.2) is 71.6 Å². The fourth-order valence-electron chi connectivity index (χ4n) is 4.54. The second-order valence-electron chi connectivity index (χ2n) is 10.3. The van der Waals surface area contributed by atoms with Crippen molar-refractivity contribution in [3.05, 3.63) is 89.0 Å². The molecule has 0 bridgehead atoms. The van der Waals surface area contributed by atoms with Crippen LogP contribution in [-0.4, -0.2) is 48.7 Å². The number of esters is 1. The molecule has 2 atom stereocenters. The van der Waals surface area contributed by atoms with Gasteiger partial charge in [-0.3, -0.25) is 0 Å². The Morgan fingerprint density at radius 1 is 1.08 bits per heavy atom. The molecule has 3 rings (SSSR count). The van der Waals surface area contributed by atoms with E-state index in [1.807, 2.05) is 50.2 Å². The zero-order chi connectivity index (χ0) is 27.7. The number of thioether (sulfide) groups is 1. The SMILES string of the molecule is CCOC(=O)c1ccc(-c2ccccc2[C@@H](C)OC[C@H](O)CNC(C)(C)Cc2cccc(SC)c2)cc1C. The Labute approximate surface area is 232 Å². The second kappa shape index (κ2) is 13.9. The fourth-order valence-corrected chi connectivity index (χ4v) is 5.02. The highest BCUT2D eigenvalue weighted by molar-refractivity contribution is 7.98. The average molecular weight is 536 g/mol. The zero-order valence-electron chi connectivity index (χ0n) is 23.4. The topological polar surface area (TPSA) is 67.8 Å². The highest BCUT2D eigenvalue weighted by Crippen LogP contribution is 2.31. The molecule has 2 N–H and O–H groups in total. The van der Waals surface area contributed by atoms with Gasteiger partial charge in [-0.2, -0.15) is 0 Å². The predicted octanol–water partition coefficient (Wildman–Crippen LogP) is 6.61. The number of aliphatic hydroxyl groups excluding tert-OH is 1. The first kappa shape index (κ1) is 29.9. The molecular weight excluding hydrogens is 494 g/mol. The molecule has 0 heterocycles. The van der Waals surface area contributed by atoms with E-state index < -0.39 is 6.10 Å². The van der Waals surface area contributed by atoms with Crippen molar-refractivity contribution in [1.29, 1.82) is 0 Å². The Morgan fingerprint density at radius 2 is 1.84 bits per heavy atom. The number of benzene rings is 3. The van der Waals surface area contributed by atoms with Gasteiger partial charge in [0.1, 0.15) is 0 Å². The number of carbonyl (C=O) groups is 1. The monoisotopic (exact) mass is 535 g/mol. The summed E-state index contributed by atoms with van der Waals surface area (Å²) in [5.74, 6) is -0.305. The third-order valence-electron chi connectivity index (χ3n) is 6.57. The van der Waals surface area contributed by atoms with Crippen LogP contribution >= 0.6 is 11.8 Å². The first-order valence-electron chi connectivity index (χ1n) is 13.2. The minimum atomic E-state index is -0.632. The lowest BCUT2D eigenvalue weighted by molar-refractivity contribution is -0.00397. The molecule has 0 amide bonds. The van der Waals surface area contributed by atoms with Crippen molar-refractivity contribution in [3.63, 3.8) is 0 Å². The fraction of sp³-hybridized carbons (Fsp3) is 0.406. The van der Waals surface area contributed by atoms with E-state index in [9.17, 15) is 9.90 Å². The number of carbonyl (C=O) groups excluding carboxylic acids is 1. The molecule has 0 fully saturated rings. The van der Waals surface area contributed by atoms with E-state index in [0.717, 1.165) is 28.7 Å². The third kappa shape index (κ3) is 8.43. The number of hydrogen-bond donors (Lipinski definition) is 2. The van der Waals surface area contributed by atoms with Crippen LogP contribution in [0.4, 0.5) is 0 Å². The van der Waals surface area contributed by atoms with Crippen LogP contribution in [0.25, 0.3) is 11.1 Å². The number of β-amino-alcohol motifs (C(OH)–C–C–N with tert-alkyl or cyclic N) is 1. The smallest absolute Gasteiger partial charge is 0.338 e. The van der Waals surface area contributed by atoms with Crippen molar-refractivity contribution in [1.82, 2.24) is 5.32 Å². The number of aliphatic hydroxyl groups is 1. The molecule has 3 aromatic rings. The summed E-state index contributed by atoms with van der Waals surface area (Å²) in [5.41, 5.74) is 5.64. The van der Waals surface area contributed by atoms with E-state index in [1.54, 1.807) is 18.7 Å². The first-order chi connectivity index (χ1) is 18.1. The molecule has 0 saturated heterocycles. The molecule has 204 valence electrons. The van der Waals surface area contributed by atoms with Crippen molar-refractivity contribution in [3.8, 4) is 11.1 Å². The number of ether oxygens (including phenoxy) is 2. The molecule has 0 unspecified atom stereocenters. The largest absolute Gasteiger partial charge is 0.462 e. The molecule has 0 aliphatic heterocycles. The Balaban J connectivity index is 1.59. The maximum atomic E-state index is 12.2. The summed E-state index contributed by atoms with van der Waals surface area (Å²) in [6, 6.07) is 22.4. The van der Waals surface area contributed by atoms with Gasteiger partial charge in [0.05, 0.1) is 31.0 Å². The average Bonchev–Trinajstić information content (AvgIpc) is 2.90. The second-order valence-corrected chi connectivity index (χ2v) is 11.1. The van der Waals surface area contributed by atoms with E-state index in [1.165, 1.54) is 10.5 Å². The van der Waals surface area contributed by atoms with Gasteiger partial charge in [-0.25, -0.2) is 4.79 Å². The summed E-state index contributed by atoms with van der Waals surface area (Å²) in [4.78, 5) is 13.5. The molecule has 6 heteroatoms. The molecule has 0 aliphatic rings. The lowest BCUT2D eigenvalue weighted by Crippen LogP contribution is -2.46. The zero-order valence-corrected chi connectivity index (χ0v) is 24.2. The molecule has 0 spiro atoms. The maximum Gasteiger partial charge on any atom is 0.338 e. The minimum absolute atomic E-state index is 0.163. The quantitative estimate of drug-likeness (QED) is 0.190. The molecule has 0 saturated carbocycles. The van der Waals surface area contributed by atoms with Gasteiger partial charge in [0, 0.05) is 17.0 Å². The summed E-state index contributed by atoms with van der Waals surface area (Å²) in [5, 5.41) is 14.2. The van der Waals surface area contributed by atoms with Gasteiger partial charge in [-0.15, -0.1) is 11.8 Å². The van der Waals surface area contributed by atoms with Crippen molar-refractivity contribution >= 4 is 17.7 Å². The lowest BCUT2D eigenvalue weighted by Gasteiger charge is -2.28. The van der Waals surface area contributed by atoms with Crippen LogP contribution < -0.4 is 5.32 Å². The van der Waals surface area contributed by atoms with E-state index in [-0.39, 0.29) is 24.2 Å². The van der Waals surface area contributed by atoms with Crippen LogP contribution in [0.1, 0.15) is 60.8 Å². The van der Waals surface area contributed by atoms with Crippen molar-refractivity contribution < 1.29 is 19.4 Å². The van der Waals surface area contributed by atoms with Crippen LogP contribution in [0.3, 0.4) is 0 Å². The minimum Gasteiger partial charge on any atom is -0.462 e. The van der Waals surface area contributed by atoms with Gasteiger partial charge in [0.2, 0.25) is 0 Å². The van der Waals surface area contributed by atoms with Crippen LogP contribution in [0.2, 0.25) is 0 Å². The van der Waals surface area contributed by atoms with Gasteiger partial charge >= 0.3 is 5.97 Å². The molecule has 0 aromatic heterocycles. The van der Waals surface area contributed by atoms with Crippen molar-refractivity contribution in [2.45, 2.75) is 63.7 Å². The molecule has 38 heavy (non-hydrogen) atoms. The summed E-state index contributed by atoms with van der Waals surface area (Å²) < 4.78 is 11.3. The van der Waals surface area contributed by atoms with E-state index in [0.29, 0.717) is 18.7 Å². The number of nitrogens with one attached hydrogen (secondary N) is 1. The van der Waals surface area contributed by atoms with Crippen LogP contribution in [0, 0.1) is 6.92 Å². The number of hydrogen-bond acceptors (Lipinski definition) is 6. The number of aryl methyl sites for hydroxylation is 1. The summed E-state index contributed by atoms with van der Waals surface area (Å²) in [7, 11) is 0. The Hall–Kier alpha value is -2.64. The van der Waals surface area contributed by atoms with Crippen LogP contribution in [-0.2, 0) is 15.9 Å². The van der Waals surface area contributed by atoms with Crippen LogP contribution in [0.5, 0.6) is 0 Å². The predicted molar refractivity (Wildman–Crippen MR) is 157 cm³/mol. The summed E-state index contributed by atoms with van der Waals surface area (Å²) in [6.45, 7) is 11.0. The summed E-state index contributed by atoms with van der Waals surface area (Å²) >= 11 is 1.74. The van der Waals surface area contributed by atoms with E-state index in [4.69, 9.17) is 9.47 Å². The molecule has 3 aromatic carbocycles. The van der Waals surface area contributed by atoms with Crippen molar-refractivity contribution in [2.75, 3.05) is 26.0 Å². The standard InChI is InChI=1S/C32H41NO4S/c1-7-36-31(35)28-16-15-25(17-22(28)2)30-14-9-8-13-29(30)23(3)37-21-26(34)20-33-32(4,5)19-24-11-10-12-27(18-24)38-6/h8-18,23,26,33-34H,7,19-21H2,1-6H3/t23-,26-/m1/s1. The Kier molecular flexibility index (Phi) is 11.0. The maximum absolute atomic E-state index is 12.2. The first-order valence-corrected chi connectivity index (χ1v) is 14.4. The van der Waals surface area contributed by atoms with E-state index >= 15 is 0 Å². The molecule has 5 nitrogen and oxygen atoms in total. The van der Waals surface area contributed by atoms with Gasteiger partial charge in [-0.1, -0.05) is 48.5 Å². The van der Waals surface area contributed by atoms with Gasteiger partial charge in [0.15, 0.2) is 0 Å². The highest BCUT2D eigenvalue weighted by atomic mass is 32.2. The lowest BCUT2D eigenvalue weighted by atomic mass is 9.94.